The molecule has 0 bridgehead atoms. The number of benzene rings is 2. The summed E-state index contributed by atoms with van der Waals surface area (Å²) in [6.45, 7) is 6.75. The summed E-state index contributed by atoms with van der Waals surface area (Å²) < 4.78 is 11.1. The van der Waals surface area contributed by atoms with E-state index in [0.717, 1.165) is 36.8 Å². The van der Waals surface area contributed by atoms with Crippen LogP contribution in [0.5, 0.6) is 5.75 Å². The summed E-state index contributed by atoms with van der Waals surface area (Å²) in [7, 11) is 3.50. The van der Waals surface area contributed by atoms with Gasteiger partial charge in [0.25, 0.3) is 0 Å². The molecule has 2 aromatic rings. The van der Waals surface area contributed by atoms with Gasteiger partial charge in [0.05, 0.1) is 6.61 Å². The molecular formula is C25H34N4O2. The first kappa shape index (κ1) is 22.7. The molecular weight excluding hydrogens is 388 g/mol. The second-order valence-corrected chi connectivity index (χ2v) is 7.63. The molecule has 1 heterocycles. The Morgan fingerprint density at radius 2 is 1.74 bits per heavy atom. The van der Waals surface area contributed by atoms with Gasteiger partial charge in [0.15, 0.2) is 5.96 Å². The lowest BCUT2D eigenvalue weighted by Crippen LogP contribution is -2.36. The Hall–Kier alpha value is -2.99. The lowest BCUT2D eigenvalue weighted by atomic mass is 10.1. The Labute approximate surface area is 186 Å². The summed E-state index contributed by atoms with van der Waals surface area (Å²) in [5, 5.41) is 6.78. The van der Waals surface area contributed by atoms with Crippen molar-refractivity contribution in [1.82, 2.24) is 10.6 Å². The van der Waals surface area contributed by atoms with Gasteiger partial charge in [-0.2, -0.15) is 0 Å². The van der Waals surface area contributed by atoms with Crippen LogP contribution in [0.1, 0.15) is 23.1 Å². The highest BCUT2D eigenvalue weighted by Crippen LogP contribution is 2.21. The highest BCUT2D eigenvalue weighted by atomic mass is 16.5. The van der Waals surface area contributed by atoms with Crippen molar-refractivity contribution in [2.24, 2.45) is 4.99 Å². The molecule has 166 valence electrons. The molecule has 2 N–H and O–H groups in total. The first-order chi connectivity index (χ1) is 15.2. The van der Waals surface area contributed by atoms with Gasteiger partial charge in [-0.3, -0.25) is 4.99 Å². The van der Waals surface area contributed by atoms with Crippen LogP contribution in [0.2, 0.25) is 0 Å². The molecule has 0 aliphatic carbocycles. The number of anilines is 1. The second-order valence-electron chi connectivity index (χ2n) is 7.63. The maximum atomic E-state index is 5.98. The monoisotopic (exact) mass is 422 g/mol. The van der Waals surface area contributed by atoms with Gasteiger partial charge >= 0.3 is 0 Å². The molecule has 0 saturated heterocycles. The smallest absolute Gasteiger partial charge is 0.191 e. The number of guanidine groups is 1. The zero-order valence-corrected chi connectivity index (χ0v) is 18.9. The molecule has 0 spiro atoms. The van der Waals surface area contributed by atoms with E-state index in [4.69, 9.17) is 9.47 Å². The molecule has 6 heteroatoms. The predicted octanol–water partition coefficient (Wildman–Crippen LogP) is 3.65. The fourth-order valence-electron chi connectivity index (χ4n) is 3.43. The van der Waals surface area contributed by atoms with E-state index in [2.05, 4.69) is 82.1 Å². The van der Waals surface area contributed by atoms with Crippen LogP contribution in [-0.2, 0) is 17.8 Å². The van der Waals surface area contributed by atoms with E-state index in [0.29, 0.717) is 26.3 Å². The maximum absolute atomic E-state index is 5.98. The molecule has 0 aromatic heterocycles. The van der Waals surface area contributed by atoms with Gasteiger partial charge < -0.3 is 25.0 Å². The molecule has 31 heavy (non-hydrogen) atoms. The average Bonchev–Trinajstić information content (AvgIpc) is 3.33. The maximum Gasteiger partial charge on any atom is 0.191 e. The molecule has 0 radical (unpaired) electrons. The fourth-order valence-corrected chi connectivity index (χ4v) is 3.43. The van der Waals surface area contributed by atoms with Gasteiger partial charge in [-0.15, -0.1) is 0 Å². The van der Waals surface area contributed by atoms with Crippen molar-refractivity contribution in [2.45, 2.75) is 26.4 Å². The number of aliphatic imine (C=N–C) groups is 1. The fraction of sp³-hybridized carbons (Fsp3) is 0.400. The Kier molecular flexibility index (Phi) is 8.79. The molecule has 6 nitrogen and oxygen atoms in total. The minimum atomic E-state index is 0.639. The quantitative estimate of drug-likeness (QED) is 0.265. The number of hydrogen-bond donors (Lipinski definition) is 2. The summed E-state index contributed by atoms with van der Waals surface area (Å²) in [5.41, 5.74) is 4.76. The van der Waals surface area contributed by atoms with Crippen LogP contribution in [0.3, 0.4) is 0 Å². The molecule has 2 aromatic carbocycles. The van der Waals surface area contributed by atoms with E-state index in [1.54, 1.807) is 14.2 Å². The third-order valence-electron chi connectivity index (χ3n) is 5.22. The first-order valence-electron chi connectivity index (χ1n) is 10.8. The molecule has 0 amide bonds. The van der Waals surface area contributed by atoms with Gasteiger partial charge in [0.1, 0.15) is 5.75 Å². The molecule has 0 saturated carbocycles. The minimum Gasteiger partial charge on any atom is -0.493 e. The van der Waals surface area contributed by atoms with Crippen molar-refractivity contribution in [2.75, 3.05) is 45.4 Å². The third kappa shape index (κ3) is 7.03. The normalized spacial score (nSPS) is 13.5. The molecule has 0 atom stereocenters. The zero-order valence-electron chi connectivity index (χ0n) is 18.9. The number of aryl methyl sites for hydroxylation is 1. The SMILES string of the molecule is CN=C(NCc1ccc(N2CC=CC2)cc1)NCc1ccc(C)cc1OCCCOC. The largest absolute Gasteiger partial charge is 0.493 e. The number of nitrogens with one attached hydrogen (secondary N) is 2. The standard InChI is InChI=1S/C25H34N4O2/c1-20-7-10-22(24(17-20)31-16-6-15-30-3)19-28-25(26-2)27-18-21-8-11-23(12-9-21)29-13-4-5-14-29/h4-5,7-12,17H,6,13-16,18-19H2,1-3H3,(H2,26,27,28). The molecule has 3 rings (SSSR count). The van der Waals surface area contributed by atoms with Crippen LogP contribution in [0, 0.1) is 6.92 Å². The van der Waals surface area contributed by atoms with E-state index in [1.165, 1.54) is 16.8 Å². The van der Waals surface area contributed by atoms with E-state index in [9.17, 15) is 0 Å². The van der Waals surface area contributed by atoms with Crippen LogP contribution < -0.4 is 20.3 Å². The van der Waals surface area contributed by atoms with Crippen LogP contribution in [0.15, 0.2) is 59.6 Å². The van der Waals surface area contributed by atoms with Crippen LogP contribution in [0.4, 0.5) is 5.69 Å². The topological polar surface area (TPSA) is 58.1 Å². The number of ether oxygens (including phenoxy) is 2. The lowest BCUT2D eigenvalue weighted by Gasteiger charge is -2.18. The van der Waals surface area contributed by atoms with Crippen molar-refractivity contribution in [3.8, 4) is 5.75 Å². The Balaban J connectivity index is 1.50. The van der Waals surface area contributed by atoms with Crippen molar-refractivity contribution in [3.05, 3.63) is 71.3 Å². The van der Waals surface area contributed by atoms with E-state index in [-0.39, 0.29) is 0 Å². The zero-order chi connectivity index (χ0) is 21.9. The summed E-state index contributed by atoms with van der Waals surface area (Å²) in [6.07, 6.45) is 5.28. The van der Waals surface area contributed by atoms with Gasteiger partial charge in [-0.1, -0.05) is 36.4 Å². The van der Waals surface area contributed by atoms with Crippen LogP contribution >= 0.6 is 0 Å². The second kappa shape index (κ2) is 12.0. The molecule has 1 aliphatic rings. The minimum absolute atomic E-state index is 0.639. The lowest BCUT2D eigenvalue weighted by molar-refractivity contribution is 0.171. The van der Waals surface area contributed by atoms with E-state index < -0.39 is 0 Å². The Bertz CT molecular complexity index is 870. The first-order valence-corrected chi connectivity index (χ1v) is 10.8. The third-order valence-corrected chi connectivity index (χ3v) is 5.22. The van der Waals surface area contributed by atoms with Gasteiger partial charge in [0.2, 0.25) is 0 Å². The highest BCUT2D eigenvalue weighted by Gasteiger charge is 2.08. The van der Waals surface area contributed by atoms with Crippen molar-refractivity contribution < 1.29 is 9.47 Å². The number of rotatable bonds is 10. The van der Waals surface area contributed by atoms with Crippen molar-refractivity contribution in [1.29, 1.82) is 0 Å². The molecule has 1 aliphatic heterocycles. The Morgan fingerprint density at radius 3 is 2.45 bits per heavy atom. The van der Waals surface area contributed by atoms with E-state index in [1.807, 2.05) is 0 Å². The van der Waals surface area contributed by atoms with Gasteiger partial charge in [-0.25, -0.2) is 0 Å². The number of methoxy groups -OCH3 is 1. The summed E-state index contributed by atoms with van der Waals surface area (Å²) in [6, 6.07) is 15.0. The predicted molar refractivity (Wildman–Crippen MR) is 128 cm³/mol. The summed E-state index contributed by atoms with van der Waals surface area (Å²) in [4.78, 5) is 6.69. The van der Waals surface area contributed by atoms with Gasteiger partial charge in [0, 0.05) is 64.6 Å². The van der Waals surface area contributed by atoms with E-state index >= 15 is 0 Å². The van der Waals surface area contributed by atoms with Crippen molar-refractivity contribution >= 4 is 11.6 Å². The van der Waals surface area contributed by atoms with Gasteiger partial charge in [-0.05, 0) is 36.2 Å². The summed E-state index contributed by atoms with van der Waals surface area (Å²) >= 11 is 0. The van der Waals surface area contributed by atoms with Crippen molar-refractivity contribution in [3.63, 3.8) is 0 Å². The Morgan fingerprint density at radius 1 is 1.00 bits per heavy atom. The molecule has 0 fully saturated rings. The highest BCUT2D eigenvalue weighted by molar-refractivity contribution is 5.79. The number of hydrogen-bond acceptors (Lipinski definition) is 4. The average molecular weight is 423 g/mol. The molecule has 0 unspecified atom stereocenters. The summed E-state index contributed by atoms with van der Waals surface area (Å²) in [5.74, 6) is 1.67. The van der Waals surface area contributed by atoms with Crippen LogP contribution in [0.25, 0.3) is 0 Å². The number of nitrogens with zero attached hydrogens (tertiary/aromatic N) is 2. The van der Waals surface area contributed by atoms with Crippen LogP contribution in [-0.4, -0.2) is 46.4 Å².